The largest absolute Gasteiger partial charge is 4.00 e. The molecule has 50 valence electrons. The molecule has 0 aliphatic rings. The quantitative estimate of drug-likeness (QED) is 0.250. The van der Waals surface area contributed by atoms with Crippen molar-refractivity contribution in [2.45, 2.75) is 0 Å². The Balaban J connectivity index is -0.0000000369. The van der Waals surface area contributed by atoms with Gasteiger partial charge in [0, 0.05) is 0 Å². The monoisotopic (exact) mass is 196 g/mol. The van der Waals surface area contributed by atoms with Crippen molar-refractivity contribution in [2.24, 2.45) is 0 Å². The Morgan fingerprint density at radius 2 is 1.18 bits per heavy atom. The zero-order valence-corrected chi connectivity index (χ0v) is 8.85. The average molecular weight is 196 g/mol. The van der Waals surface area contributed by atoms with E-state index in [2.05, 4.69) is 37.6 Å². The van der Waals surface area contributed by atoms with Crippen LogP contribution >= 0.6 is 0 Å². The normalized spacial score (nSPS) is 4.00. The molecular weight excluding hydrogens is 195 g/mol. The molecule has 0 heterocycles. The molecule has 2 nitrogen and oxygen atoms in total. The van der Waals surface area contributed by atoms with Crippen LogP contribution in [0.1, 0.15) is 0 Å². The minimum Gasteiger partial charge on any atom is -0.999 e. The van der Waals surface area contributed by atoms with Gasteiger partial charge in [-0.05, 0) is 0 Å². The molecule has 0 aliphatic carbocycles. The Labute approximate surface area is 98.9 Å². The molecular formula is C7HFeNaO2. The minimum atomic E-state index is 0. The molecule has 0 aliphatic heterocycles. The van der Waals surface area contributed by atoms with E-state index in [-0.39, 0.29) is 46.6 Å². The Hall–Kier alpha value is 0.349. The Bertz CT molecular complexity index is 123. The maximum atomic E-state index is 7.50. The fourth-order valence-corrected chi connectivity index (χ4v) is 0.180. The van der Waals surface area contributed by atoms with E-state index < -0.39 is 0 Å². The Morgan fingerprint density at radius 1 is 0.909 bits per heavy atom. The first-order valence-electron chi connectivity index (χ1n) is 1.74. The molecule has 4 heteroatoms. The van der Waals surface area contributed by atoms with Crippen LogP contribution in [0.15, 0.2) is 6.07 Å². The van der Waals surface area contributed by atoms with Crippen LogP contribution in [0.5, 0.6) is 0 Å². The van der Waals surface area contributed by atoms with Crippen molar-refractivity contribution < 1.29 is 55.9 Å². The van der Waals surface area contributed by atoms with Gasteiger partial charge >= 0.3 is 69.2 Å². The van der Waals surface area contributed by atoms with Crippen LogP contribution in [-0.2, 0) is 26.4 Å². The fourth-order valence-electron chi connectivity index (χ4n) is 0.180. The van der Waals surface area contributed by atoms with E-state index in [4.69, 9.17) is 9.30 Å². The second-order valence-corrected chi connectivity index (χ2v) is 0.683. The first-order valence-corrected chi connectivity index (χ1v) is 1.74. The zero-order valence-electron chi connectivity index (χ0n) is 5.75. The third kappa shape index (κ3) is 25.2. The van der Waals surface area contributed by atoms with Gasteiger partial charge in [-0.15, -0.1) is 0 Å². The number of hydrogen-bond donors (Lipinski definition) is 0. The van der Waals surface area contributed by atoms with E-state index in [0.29, 0.717) is 0 Å². The SMILES string of the molecule is [C-]#[O+].[C-]#[O+].[Fe+4].[Na+].[c-]1[c-][c-][cH-][c-]1. The van der Waals surface area contributed by atoms with Gasteiger partial charge in [0.05, 0.1) is 0 Å². The van der Waals surface area contributed by atoms with Gasteiger partial charge in [-0.3, -0.25) is 0 Å². The van der Waals surface area contributed by atoms with Crippen molar-refractivity contribution >= 4 is 0 Å². The fraction of sp³-hybridized carbons (Fsp3) is 0. The maximum absolute atomic E-state index is 7.50. The van der Waals surface area contributed by atoms with E-state index in [9.17, 15) is 0 Å². The molecule has 0 N–H and O–H groups in total. The first-order chi connectivity index (χ1) is 4.50. The van der Waals surface area contributed by atoms with Gasteiger partial charge in [-0.2, -0.15) is 0 Å². The second-order valence-electron chi connectivity index (χ2n) is 0.683. The van der Waals surface area contributed by atoms with E-state index >= 15 is 0 Å². The van der Waals surface area contributed by atoms with Crippen molar-refractivity contribution in [3.8, 4) is 0 Å². The molecule has 0 saturated heterocycles. The molecule has 1 rings (SSSR count). The molecule has 11 heavy (non-hydrogen) atoms. The van der Waals surface area contributed by atoms with Crippen molar-refractivity contribution in [1.82, 2.24) is 0 Å². The molecule has 1 aromatic carbocycles. The summed E-state index contributed by atoms with van der Waals surface area (Å²) in [5, 5.41) is 0. The van der Waals surface area contributed by atoms with Crippen LogP contribution in [0.4, 0.5) is 0 Å². The smallest absolute Gasteiger partial charge is 0.999 e. The van der Waals surface area contributed by atoms with Gasteiger partial charge in [0.1, 0.15) is 0 Å². The van der Waals surface area contributed by atoms with Crippen LogP contribution in [0.2, 0.25) is 0 Å². The summed E-state index contributed by atoms with van der Waals surface area (Å²) in [5.41, 5.74) is 0. The standard InChI is InChI=1S/C5H.2CO.Fe.Na/c1-2-4-5-3-1;2*1-2;;/h1H;;;;/q-5;;;+4;+1. The summed E-state index contributed by atoms with van der Waals surface area (Å²) in [4.78, 5) is 0. The van der Waals surface area contributed by atoms with Crippen molar-refractivity contribution in [3.63, 3.8) is 0 Å². The Morgan fingerprint density at radius 3 is 1.27 bits per heavy atom. The molecule has 0 atom stereocenters. The van der Waals surface area contributed by atoms with Crippen LogP contribution < -0.4 is 29.6 Å². The van der Waals surface area contributed by atoms with Gasteiger partial charge < -0.3 is 30.3 Å². The van der Waals surface area contributed by atoms with Crippen LogP contribution in [0, 0.1) is 37.6 Å². The van der Waals surface area contributed by atoms with E-state index in [1.54, 1.807) is 6.07 Å². The average Bonchev–Trinajstić information content (AvgIpc) is 2.51. The number of rotatable bonds is 0. The summed E-state index contributed by atoms with van der Waals surface area (Å²) in [7, 11) is 0. The van der Waals surface area contributed by atoms with Gasteiger partial charge in [0.25, 0.3) is 0 Å². The summed E-state index contributed by atoms with van der Waals surface area (Å²) in [6, 6.07) is 12.0. The van der Waals surface area contributed by atoms with E-state index in [0.717, 1.165) is 0 Å². The predicted molar refractivity (Wildman–Crippen MR) is 25.2 cm³/mol. The summed E-state index contributed by atoms with van der Waals surface area (Å²) in [6.45, 7) is 9.00. The van der Waals surface area contributed by atoms with E-state index in [1.165, 1.54) is 0 Å². The predicted octanol–water partition coefficient (Wildman–Crippen LogP) is -2.47. The van der Waals surface area contributed by atoms with Crippen molar-refractivity contribution in [3.05, 3.63) is 43.6 Å². The molecule has 0 radical (unpaired) electrons. The molecule has 0 fully saturated rings. The van der Waals surface area contributed by atoms with Gasteiger partial charge in [0.15, 0.2) is 0 Å². The maximum Gasteiger partial charge on any atom is 4.00 e. The van der Waals surface area contributed by atoms with Crippen LogP contribution in [-0.4, -0.2) is 0 Å². The number of hydrogen-bond acceptors (Lipinski definition) is 0. The third-order valence-corrected chi connectivity index (χ3v) is 0.351. The topological polar surface area (TPSA) is 39.8 Å². The zero-order chi connectivity index (χ0) is 7.54. The molecule has 0 spiro atoms. The van der Waals surface area contributed by atoms with Crippen LogP contribution in [0.25, 0.3) is 0 Å². The van der Waals surface area contributed by atoms with Crippen LogP contribution in [0.3, 0.4) is 0 Å². The molecule has 0 saturated carbocycles. The summed E-state index contributed by atoms with van der Waals surface area (Å²) in [5.74, 6) is 0. The van der Waals surface area contributed by atoms with Gasteiger partial charge in [-0.25, -0.2) is 0 Å². The molecule has 1 aromatic rings. The van der Waals surface area contributed by atoms with Gasteiger partial charge in [0.2, 0.25) is 0 Å². The summed E-state index contributed by atoms with van der Waals surface area (Å²) >= 11 is 0. The third-order valence-electron chi connectivity index (χ3n) is 0.351. The first kappa shape index (κ1) is 22.5. The van der Waals surface area contributed by atoms with E-state index in [1.807, 2.05) is 0 Å². The van der Waals surface area contributed by atoms with Crippen molar-refractivity contribution in [2.75, 3.05) is 0 Å². The molecule has 0 amide bonds. The summed E-state index contributed by atoms with van der Waals surface area (Å²) < 4.78 is 15.0. The molecule has 0 aromatic heterocycles. The summed E-state index contributed by atoms with van der Waals surface area (Å²) in [6.07, 6.45) is 0. The molecule has 0 unspecified atom stereocenters. The van der Waals surface area contributed by atoms with Gasteiger partial charge in [-0.1, -0.05) is 0 Å². The van der Waals surface area contributed by atoms with Crippen molar-refractivity contribution in [1.29, 1.82) is 0 Å². The molecule has 0 bridgehead atoms. The second kappa shape index (κ2) is 31.6. The Kier molecular flexibility index (Phi) is 64.7. The minimum absolute atomic E-state index is 0.